The van der Waals surface area contributed by atoms with Crippen molar-refractivity contribution in [1.82, 2.24) is 4.57 Å². The fourth-order valence-electron chi connectivity index (χ4n) is 2.51. The van der Waals surface area contributed by atoms with Crippen molar-refractivity contribution >= 4 is 50.8 Å². The topological polar surface area (TPSA) is 77.7 Å². The number of nitrogens with zero attached hydrogens (tertiary/aromatic N) is 2. The normalized spacial score (nSPS) is 11.6. The molecule has 3 rings (SSSR count). The summed E-state index contributed by atoms with van der Waals surface area (Å²) in [6.07, 6.45) is 0. The molecule has 0 bridgehead atoms. The average molecular weight is 403 g/mol. The van der Waals surface area contributed by atoms with Gasteiger partial charge in [0.05, 0.1) is 22.3 Å². The molecular formula is C19H15ClN2O4S. The number of para-hydroxylation sites is 1. The Morgan fingerprint density at radius 3 is 2.41 bits per heavy atom. The van der Waals surface area contributed by atoms with Crippen molar-refractivity contribution in [3.63, 3.8) is 0 Å². The first-order valence-corrected chi connectivity index (χ1v) is 9.15. The molecule has 2 aromatic carbocycles. The summed E-state index contributed by atoms with van der Waals surface area (Å²) in [7, 11) is 1.29. The molecule has 138 valence electrons. The minimum Gasteiger partial charge on any atom is -0.468 e. The molecule has 1 amide bonds. The lowest BCUT2D eigenvalue weighted by Gasteiger charge is -2.05. The molecule has 0 spiro atoms. The van der Waals surface area contributed by atoms with Crippen LogP contribution in [-0.2, 0) is 16.1 Å². The van der Waals surface area contributed by atoms with E-state index in [4.69, 9.17) is 16.3 Å². The highest BCUT2D eigenvalue weighted by Gasteiger charge is 2.14. The number of methoxy groups -OCH3 is 1. The Hall–Kier alpha value is -2.77. The van der Waals surface area contributed by atoms with Gasteiger partial charge in [-0.2, -0.15) is 4.99 Å². The summed E-state index contributed by atoms with van der Waals surface area (Å²) in [5, 5.41) is 0.451. The predicted octanol–water partition coefficient (Wildman–Crippen LogP) is 3.47. The lowest BCUT2D eigenvalue weighted by Crippen LogP contribution is -2.22. The zero-order valence-electron chi connectivity index (χ0n) is 14.6. The third-order valence-electron chi connectivity index (χ3n) is 3.90. The van der Waals surface area contributed by atoms with Gasteiger partial charge in [-0.15, -0.1) is 0 Å². The summed E-state index contributed by atoms with van der Waals surface area (Å²) < 4.78 is 7.10. The van der Waals surface area contributed by atoms with Crippen LogP contribution in [0.4, 0.5) is 0 Å². The quantitative estimate of drug-likeness (QED) is 0.494. The first kappa shape index (κ1) is 19.0. The number of carbonyl (C=O) groups excluding carboxylic acids is 3. The van der Waals surface area contributed by atoms with Gasteiger partial charge >= 0.3 is 5.97 Å². The maximum Gasteiger partial charge on any atom is 0.325 e. The molecule has 0 aliphatic carbocycles. The number of ketones is 1. The van der Waals surface area contributed by atoms with E-state index in [-0.39, 0.29) is 12.3 Å². The van der Waals surface area contributed by atoms with Gasteiger partial charge in [0.1, 0.15) is 6.54 Å². The Balaban J connectivity index is 2.10. The zero-order chi connectivity index (χ0) is 19.6. The van der Waals surface area contributed by atoms with Crippen LogP contribution in [-0.4, -0.2) is 29.3 Å². The molecular weight excluding hydrogens is 388 g/mol. The largest absolute Gasteiger partial charge is 0.468 e. The van der Waals surface area contributed by atoms with E-state index in [1.807, 2.05) is 6.07 Å². The average Bonchev–Trinajstić information content (AvgIpc) is 3.00. The molecule has 0 fully saturated rings. The SMILES string of the molecule is COC(=O)Cn1c(=NC(=O)c2ccc(C(C)=O)cc2)sc2cccc(Cl)c21. The summed E-state index contributed by atoms with van der Waals surface area (Å²) in [5.74, 6) is -1.04. The second kappa shape index (κ2) is 7.85. The van der Waals surface area contributed by atoms with Gasteiger partial charge in [-0.3, -0.25) is 14.4 Å². The van der Waals surface area contributed by atoms with E-state index < -0.39 is 11.9 Å². The van der Waals surface area contributed by atoms with Crippen LogP contribution in [0.2, 0.25) is 5.02 Å². The molecule has 0 saturated carbocycles. The number of ether oxygens (including phenoxy) is 1. The lowest BCUT2D eigenvalue weighted by atomic mass is 10.1. The van der Waals surface area contributed by atoms with Gasteiger partial charge in [0, 0.05) is 11.1 Å². The molecule has 8 heteroatoms. The van der Waals surface area contributed by atoms with Crippen molar-refractivity contribution in [2.24, 2.45) is 4.99 Å². The number of benzene rings is 2. The highest BCUT2D eigenvalue weighted by atomic mass is 35.5. The van der Waals surface area contributed by atoms with Gasteiger partial charge in [-0.1, -0.05) is 41.1 Å². The van der Waals surface area contributed by atoms with E-state index in [1.165, 1.54) is 25.4 Å². The van der Waals surface area contributed by atoms with Crippen LogP contribution in [0.5, 0.6) is 0 Å². The van der Waals surface area contributed by atoms with Gasteiger partial charge in [0.2, 0.25) is 0 Å². The second-order valence-electron chi connectivity index (χ2n) is 5.68. The van der Waals surface area contributed by atoms with E-state index >= 15 is 0 Å². The number of carbonyl (C=O) groups is 3. The van der Waals surface area contributed by atoms with Gasteiger partial charge in [0.15, 0.2) is 10.6 Å². The first-order chi connectivity index (χ1) is 12.9. The smallest absolute Gasteiger partial charge is 0.325 e. The van der Waals surface area contributed by atoms with E-state index in [9.17, 15) is 14.4 Å². The van der Waals surface area contributed by atoms with Crippen LogP contribution in [0.25, 0.3) is 10.2 Å². The monoisotopic (exact) mass is 402 g/mol. The van der Waals surface area contributed by atoms with Crippen LogP contribution >= 0.6 is 22.9 Å². The molecule has 1 heterocycles. The standard InChI is InChI=1S/C19H15ClN2O4S/c1-11(23)12-6-8-13(9-7-12)18(25)21-19-22(10-16(24)26-2)17-14(20)4-3-5-15(17)27-19/h3-9H,10H2,1-2H3. The van der Waals surface area contributed by atoms with Crippen LogP contribution < -0.4 is 4.80 Å². The van der Waals surface area contributed by atoms with E-state index in [0.717, 1.165) is 4.70 Å². The Kier molecular flexibility index (Phi) is 5.53. The number of hydrogen-bond donors (Lipinski definition) is 0. The number of aromatic nitrogens is 1. The summed E-state index contributed by atoms with van der Waals surface area (Å²) in [5.41, 5.74) is 1.47. The molecule has 0 aliphatic rings. The van der Waals surface area contributed by atoms with Gasteiger partial charge in [0.25, 0.3) is 5.91 Å². The predicted molar refractivity (Wildman–Crippen MR) is 103 cm³/mol. The molecule has 0 atom stereocenters. The maximum absolute atomic E-state index is 12.6. The van der Waals surface area contributed by atoms with E-state index in [2.05, 4.69) is 4.99 Å². The van der Waals surface area contributed by atoms with Crippen LogP contribution in [0.15, 0.2) is 47.5 Å². The summed E-state index contributed by atoms with van der Waals surface area (Å²) in [4.78, 5) is 40.2. The number of Topliss-reactive ketones (excluding diaryl/α,β-unsaturated/α-hetero) is 1. The second-order valence-corrected chi connectivity index (χ2v) is 7.10. The van der Waals surface area contributed by atoms with Crippen molar-refractivity contribution in [1.29, 1.82) is 0 Å². The van der Waals surface area contributed by atoms with E-state index in [1.54, 1.807) is 41.0 Å². The molecule has 0 N–H and O–H groups in total. The zero-order valence-corrected chi connectivity index (χ0v) is 16.1. The number of esters is 1. The molecule has 6 nitrogen and oxygen atoms in total. The number of fused-ring (bicyclic) bond motifs is 1. The van der Waals surface area contributed by atoms with Crippen LogP contribution in [0, 0.1) is 0 Å². The maximum atomic E-state index is 12.6. The Bertz CT molecular complexity index is 1110. The highest BCUT2D eigenvalue weighted by molar-refractivity contribution is 7.16. The highest BCUT2D eigenvalue weighted by Crippen LogP contribution is 2.25. The van der Waals surface area contributed by atoms with Crippen LogP contribution in [0.3, 0.4) is 0 Å². The summed E-state index contributed by atoms with van der Waals surface area (Å²) in [6, 6.07) is 11.6. The molecule has 0 aliphatic heterocycles. The lowest BCUT2D eigenvalue weighted by molar-refractivity contribution is -0.141. The van der Waals surface area contributed by atoms with Crippen molar-refractivity contribution in [2.45, 2.75) is 13.5 Å². The van der Waals surface area contributed by atoms with Crippen molar-refractivity contribution in [3.05, 3.63) is 63.4 Å². The van der Waals surface area contributed by atoms with Gasteiger partial charge in [-0.05, 0) is 31.2 Å². The number of halogens is 1. The van der Waals surface area contributed by atoms with E-state index in [0.29, 0.717) is 26.5 Å². The van der Waals surface area contributed by atoms with Crippen molar-refractivity contribution in [3.8, 4) is 0 Å². The summed E-state index contributed by atoms with van der Waals surface area (Å²) in [6.45, 7) is 1.34. The molecule has 27 heavy (non-hydrogen) atoms. The number of thiazole rings is 1. The molecule has 0 saturated heterocycles. The first-order valence-electron chi connectivity index (χ1n) is 7.95. The number of hydrogen-bond acceptors (Lipinski definition) is 5. The Morgan fingerprint density at radius 2 is 1.78 bits per heavy atom. The van der Waals surface area contributed by atoms with Crippen molar-refractivity contribution < 1.29 is 19.1 Å². The van der Waals surface area contributed by atoms with Gasteiger partial charge in [-0.25, -0.2) is 0 Å². The third kappa shape index (κ3) is 3.99. The van der Waals surface area contributed by atoms with Crippen LogP contribution in [0.1, 0.15) is 27.6 Å². The van der Waals surface area contributed by atoms with Gasteiger partial charge < -0.3 is 9.30 Å². The minimum absolute atomic E-state index is 0.0824. The molecule has 3 aromatic rings. The third-order valence-corrected chi connectivity index (χ3v) is 5.25. The van der Waals surface area contributed by atoms with Crippen molar-refractivity contribution in [2.75, 3.05) is 7.11 Å². The number of amides is 1. The number of rotatable bonds is 4. The fourth-order valence-corrected chi connectivity index (χ4v) is 3.90. The molecule has 0 unspecified atom stereocenters. The Morgan fingerprint density at radius 1 is 1.11 bits per heavy atom. The summed E-state index contributed by atoms with van der Waals surface area (Å²) >= 11 is 7.53. The minimum atomic E-state index is -0.480. The molecule has 0 radical (unpaired) electrons. The molecule has 1 aromatic heterocycles. The Labute approximate surface area is 163 Å². The fraction of sp³-hybridized carbons (Fsp3) is 0.158.